The second kappa shape index (κ2) is 1.96. The van der Waals surface area contributed by atoms with E-state index >= 15 is 0 Å². The van der Waals surface area contributed by atoms with Gasteiger partial charge in [0.2, 0.25) is 5.91 Å². The molecular formula is C5H9NO. The Morgan fingerprint density at radius 3 is 3.14 bits per heavy atom. The molecule has 1 saturated heterocycles. The lowest BCUT2D eigenvalue weighted by atomic mass is 10.2. The van der Waals surface area contributed by atoms with Crippen LogP contribution in [0.3, 0.4) is 0 Å². The van der Waals surface area contributed by atoms with Crippen LogP contribution in [0.2, 0.25) is 0 Å². The Hall–Kier alpha value is -0.530. The van der Waals surface area contributed by atoms with E-state index in [4.69, 9.17) is 5.48 Å². The lowest BCUT2D eigenvalue weighted by Crippen LogP contribution is -2.28. The zero-order valence-electron chi connectivity index (χ0n) is 7.82. The van der Waals surface area contributed by atoms with Crippen LogP contribution in [-0.2, 0) is 4.79 Å². The zero-order valence-corrected chi connectivity index (χ0v) is 3.82. The molecule has 0 spiro atoms. The van der Waals surface area contributed by atoms with Crippen LogP contribution in [0.1, 0.15) is 24.6 Å². The molecule has 0 saturated carbocycles. The summed E-state index contributed by atoms with van der Waals surface area (Å²) >= 11 is 0. The fraction of sp³-hybridized carbons (Fsp3) is 0.800. The third-order valence-corrected chi connectivity index (χ3v) is 0.748. The molecule has 1 fully saturated rings. The van der Waals surface area contributed by atoms with Gasteiger partial charge in [-0.2, -0.15) is 0 Å². The molecule has 2 nitrogen and oxygen atoms in total. The Morgan fingerprint density at radius 1 is 1.71 bits per heavy atom. The van der Waals surface area contributed by atoms with Crippen molar-refractivity contribution in [1.82, 2.24) is 5.32 Å². The van der Waals surface area contributed by atoms with Crippen molar-refractivity contribution in [2.45, 2.75) is 19.2 Å². The molecule has 1 heterocycles. The van der Waals surface area contributed by atoms with E-state index in [0.29, 0.717) is 0 Å². The summed E-state index contributed by atoms with van der Waals surface area (Å²) in [5, 5.41) is 2.27. The second-order valence-corrected chi connectivity index (χ2v) is 1.31. The highest BCUT2D eigenvalue weighted by Crippen LogP contribution is 1.98. The molecule has 0 unspecified atom stereocenters. The minimum atomic E-state index is -2.03. The molecule has 0 bridgehead atoms. The minimum Gasteiger partial charge on any atom is -0.356 e. The van der Waals surface area contributed by atoms with E-state index in [-0.39, 0.29) is 13.0 Å². The van der Waals surface area contributed by atoms with Gasteiger partial charge in [0.05, 0.1) is 0 Å². The first-order valence-electron chi connectivity index (χ1n) is 4.12. The van der Waals surface area contributed by atoms with Crippen molar-refractivity contribution in [2.24, 2.45) is 0 Å². The van der Waals surface area contributed by atoms with Crippen molar-refractivity contribution in [2.75, 3.05) is 6.54 Å². The van der Waals surface area contributed by atoms with E-state index < -0.39 is 18.7 Å². The maximum absolute atomic E-state index is 10.6. The number of nitrogens with one attached hydrogen (secondary N) is 1. The molecule has 40 valence electrons. The first kappa shape index (κ1) is 1.77. The van der Waals surface area contributed by atoms with Crippen molar-refractivity contribution in [3.63, 3.8) is 0 Å². The van der Waals surface area contributed by atoms with Crippen LogP contribution >= 0.6 is 0 Å². The number of amides is 1. The third-order valence-electron chi connectivity index (χ3n) is 0.748. The fourth-order valence-corrected chi connectivity index (χ4v) is 0.411. The normalized spacial score (nSPS) is 44.3. The van der Waals surface area contributed by atoms with Gasteiger partial charge in [-0.05, 0) is 12.7 Å². The number of carbonyl (C=O) groups excluding carboxylic acids is 1. The number of rotatable bonds is 0. The Labute approximate surface area is 48.5 Å². The first-order chi connectivity index (χ1) is 4.85. The SMILES string of the molecule is [2H]C1([2H])CNC(=O)CC1([2H])[2H]. The van der Waals surface area contributed by atoms with Gasteiger partial charge < -0.3 is 5.32 Å². The zero-order chi connectivity index (χ0) is 8.70. The standard InChI is InChI=1S/C5H9NO/c7-5-3-1-2-4-6-5/h1-4H2,(H,6,7)/i1D2,2D2. The van der Waals surface area contributed by atoms with Crippen LogP contribution in [0.25, 0.3) is 0 Å². The highest BCUT2D eigenvalue weighted by molar-refractivity contribution is 5.76. The van der Waals surface area contributed by atoms with Crippen LogP contribution in [0.4, 0.5) is 0 Å². The second-order valence-electron chi connectivity index (χ2n) is 1.31. The highest BCUT2D eigenvalue weighted by Gasteiger charge is 2.04. The molecule has 1 amide bonds. The molecule has 0 aromatic heterocycles. The van der Waals surface area contributed by atoms with Gasteiger partial charge in [0.1, 0.15) is 0 Å². The third kappa shape index (κ3) is 1.18. The van der Waals surface area contributed by atoms with Crippen LogP contribution in [0.15, 0.2) is 0 Å². The van der Waals surface area contributed by atoms with Crippen molar-refractivity contribution in [3.8, 4) is 0 Å². The molecule has 7 heavy (non-hydrogen) atoms. The van der Waals surface area contributed by atoms with Gasteiger partial charge in [0.15, 0.2) is 0 Å². The average Bonchev–Trinajstić information content (AvgIpc) is 1.80. The summed E-state index contributed by atoms with van der Waals surface area (Å²) in [5.74, 6) is -0.426. The maximum atomic E-state index is 10.6. The predicted molar refractivity (Wildman–Crippen MR) is 26.9 cm³/mol. The lowest BCUT2D eigenvalue weighted by molar-refractivity contribution is -0.122. The molecule has 0 aliphatic carbocycles. The predicted octanol–water partition coefficient (Wildman–Crippen LogP) is 0.287. The van der Waals surface area contributed by atoms with Crippen LogP contribution in [0, 0.1) is 0 Å². The molecule has 2 heteroatoms. The Kier molecular flexibility index (Phi) is 0.494. The van der Waals surface area contributed by atoms with E-state index in [0.717, 1.165) is 0 Å². The molecule has 0 atom stereocenters. The maximum Gasteiger partial charge on any atom is 0.219 e. The first-order valence-corrected chi connectivity index (χ1v) is 2.12. The molecule has 1 rings (SSSR count). The number of carbonyl (C=O) groups is 1. The van der Waals surface area contributed by atoms with Gasteiger partial charge in [0, 0.05) is 18.4 Å². The van der Waals surface area contributed by atoms with Crippen molar-refractivity contribution in [1.29, 1.82) is 0 Å². The number of hydrogen-bond donors (Lipinski definition) is 1. The summed E-state index contributed by atoms with van der Waals surface area (Å²) in [6, 6.07) is 0. The van der Waals surface area contributed by atoms with E-state index in [2.05, 4.69) is 5.32 Å². The average molecular weight is 103 g/mol. The van der Waals surface area contributed by atoms with Gasteiger partial charge >= 0.3 is 0 Å². The van der Waals surface area contributed by atoms with Gasteiger partial charge in [-0.25, -0.2) is 0 Å². The van der Waals surface area contributed by atoms with E-state index in [1.165, 1.54) is 0 Å². The van der Waals surface area contributed by atoms with E-state index in [9.17, 15) is 4.79 Å². The van der Waals surface area contributed by atoms with Crippen LogP contribution in [-0.4, -0.2) is 12.5 Å². The van der Waals surface area contributed by atoms with Crippen LogP contribution in [0.5, 0.6) is 0 Å². The van der Waals surface area contributed by atoms with E-state index in [1.807, 2.05) is 0 Å². The Bertz CT molecular complexity index is 191. The molecule has 1 N–H and O–H groups in total. The minimum absolute atomic E-state index is 0.237. The van der Waals surface area contributed by atoms with Gasteiger partial charge in [-0.3, -0.25) is 4.79 Å². The quantitative estimate of drug-likeness (QED) is 0.469. The monoisotopic (exact) mass is 103 g/mol. The highest BCUT2D eigenvalue weighted by atomic mass is 16.1. The Morgan fingerprint density at radius 2 is 2.57 bits per heavy atom. The number of hydrogen-bond acceptors (Lipinski definition) is 1. The molecule has 0 aromatic rings. The molecule has 1 aliphatic rings. The Balaban J connectivity index is 2.80. The number of piperidine rings is 1. The summed E-state index contributed by atoms with van der Waals surface area (Å²) in [6.45, 7) is -0.237. The summed E-state index contributed by atoms with van der Waals surface area (Å²) in [5.41, 5.74) is 0. The fourth-order valence-electron chi connectivity index (χ4n) is 0.411. The largest absolute Gasteiger partial charge is 0.356 e. The summed E-state index contributed by atoms with van der Waals surface area (Å²) < 4.78 is 28.8. The van der Waals surface area contributed by atoms with E-state index in [1.54, 1.807) is 0 Å². The van der Waals surface area contributed by atoms with Gasteiger partial charge in [0.25, 0.3) is 0 Å². The van der Waals surface area contributed by atoms with Crippen molar-refractivity contribution in [3.05, 3.63) is 0 Å². The molecular weight excluding hydrogens is 90.1 g/mol. The van der Waals surface area contributed by atoms with Crippen LogP contribution < -0.4 is 5.32 Å². The topological polar surface area (TPSA) is 29.1 Å². The van der Waals surface area contributed by atoms with Crippen molar-refractivity contribution < 1.29 is 10.3 Å². The van der Waals surface area contributed by atoms with Crippen molar-refractivity contribution >= 4 is 5.91 Å². The van der Waals surface area contributed by atoms with Gasteiger partial charge in [-0.1, -0.05) is 0 Å². The van der Waals surface area contributed by atoms with Gasteiger partial charge in [-0.15, -0.1) is 0 Å². The molecule has 0 aromatic carbocycles. The summed E-state index contributed by atoms with van der Waals surface area (Å²) in [6.07, 6.45) is -4.36. The molecule has 0 radical (unpaired) electrons. The lowest BCUT2D eigenvalue weighted by Gasteiger charge is -2.08. The summed E-state index contributed by atoms with van der Waals surface area (Å²) in [4.78, 5) is 10.6. The molecule has 1 aliphatic heterocycles. The smallest absolute Gasteiger partial charge is 0.219 e. The summed E-state index contributed by atoms with van der Waals surface area (Å²) in [7, 11) is 0.